The zero-order valence-corrected chi connectivity index (χ0v) is 9.98. The maximum atomic E-state index is 9.90. The van der Waals surface area contributed by atoms with E-state index in [9.17, 15) is 5.11 Å². The van der Waals surface area contributed by atoms with Crippen molar-refractivity contribution in [3.05, 3.63) is 10.2 Å². The molecule has 4 atom stereocenters. The van der Waals surface area contributed by atoms with Gasteiger partial charge in [-0.15, -0.1) is 0 Å². The topological polar surface area (TPSA) is 20.2 Å². The molecule has 2 aliphatic rings. The summed E-state index contributed by atoms with van der Waals surface area (Å²) in [5.41, 5.74) is 0. The third-order valence-electron chi connectivity index (χ3n) is 3.75. The van der Waals surface area contributed by atoms with E-state index in [1.165, 1.54) is 25.7 Å². The van der Waals surface area contributed by atoms with Gasteiger partial charge in [-0.1, -0.05) is 47.9 Å². The Morgan fingerprint density at radius 3 is 2.77 bits per heavy atom. The lowest BCUT2D eigenvalue weighted by Crippen LogP contribution is -2.20. The van der Waals surface area contributed by atoms with E-state index >= 15 is 0 Å². The molecule has 2 heteroatoms. The Labute approximate surface area is 93.7 Å². The highest BCUT2D eigenvalue weighted by atomic mass is 127. The monoisotopic (exact) mass is 292 g/mol. The highest BCUT2D eigenvalue weighted by Crippen LogP contribution is 2.46. The van der Waals surface area contributed by atoms with E-state index in [0.717, 1.165) is 18.3 Å². The summed E-state index contributed by atoms with van der Waals surface area (Å²) >= 11 is 2.26. The van der Waals surface area contributed by atoms with Crippen molar-refractivity contribution in [3.8, 4) is 0 Å². The van der Waals surface area contributed by atoms with Crippen LogP contribution in [0.2, 0.25) is 0 Å². The predicted octanol–water partition coefficient (Wildman–Crippen LogP) is 3.12. The molecule has 0 spiro atoms. The number of hydrogen-bond donors (Lipinski definition) is 1. The van der Waals surface area contributed by atoms with Crippen molar-refractivity contribution in [1.82, 2.24) is 0 Å². The molecule has 0 unspecified atom stereocenters. The first-order valence-corrected chi connectivity index (χ1v) is 6.52. The van der Waals surface area contributed by atoms with Gasteiger partial charge in [-0.05, 0) is 28.8 Å². The van der Waals surface area contributed by atoms with Crippen LogP contribution in [0.5, 0.6) is 0 Å². The Kier molecular flexibility index (Phi) is 3.30. The molecule has 2 aliphatic carbocycles. The summed E-state index contributed by atoms with van der Waals surface area (Å²) in [6.07, 6.45) is 8.66. The molecule has 13 heavy (non-hydrogen) atoms. The van der Waals surface area contributed by atoms with Gasteiger partial charge in [0, 0.05) is 5.92 Å². The normalized spacial score (nSPS) is 45.4. The van der Waals surface area contributed by atoms with Gasteiger partial charge >= 0.3 is 0 Å². The number of rotatable bonds is 1. The molecule has 0 saturated heterocycles. The average Bonchev–Trinajstić information content (AvgIpc) is 2.44. The maximum Gasteiger partial charge on any atom is 0.0608 e. The Morgan fingerprint density at radius 1 is 1.23 bits per heavy atom. The van der Waals surface area contributed by atoms with Gasteiger partial charge in [0.1, 0.15) is 0 Å². The van der Waals surface area contributed by atoms with Crippen molar-refractivity contribution in [2.75, 3.05) is 0 Å². The molecule has 1 N–H and O–H groups in total. The zero-order chi connectivity index (χ0) is 9.26. The van der Waals surface area contributed by atoms with Crippen LogP contribution in [0, 0.1) is 17.8 Å². The van der Waals surface area contributed by atoms with Crippen molar-refractivity contribution in [1.29, 1.82) is 0 Å². The largest absolute Gasteiger partial charge is 0.392 e. The summed E-state index contributed by atoms with van der Waals surface area (Å²) in [5.74, 6) is 2.07. The van der Waals surface area contributed by atoms with Gasteiger partial charge in [-0.2, -0.15) is 0 Å². The fourth-order valence-electron chi connectivity index (χ4n) is 3.14. The SMILES string of the molecule is O[C@@H]1C[C@@H]2CCCC[C@H]2[C@@H]1/C=C/I. The first-order valence-electron chi connectivity index (χ1n) is 5.28. The predicted molar refractivity (Wildman–Crippen MR) is 62.7 cm³/mol. The van der Waals surface area contributed by atoms with Crippen molar-refractivity contribution in [3.63, 3.8) is 0 Å². The van der Waals surface area contributed by atoms with Gasteiger partial charge in [0.25, 0.3) is 0 Å². The molecular weight excluding hydrogens is 275 g/mol. The molecule has 0 aliphatic heterocycles. The highest BCUT2D eigenvalue weighted by molar-refractivity contribution is 14.1. The molecule has 1 nitrogen and oxygen atoms in total. The Bertz CT molecular complexity index is 202. The lowest BCUT2D eigenvalue weighted by atomic mass is 9.78. The highest BCUT2D eigenvalue weighted by Gasteiger charge is 2.41. The molecule has 74 valence electrons. The summed E-state index contributed by atoms with van der Waals surface area (Å²) in [7, 11) is 0. The molecule has 0 aromatic carbocycles. The summed E-state index contributed by atoms with van der Waals surface area (Å²) in [5, 5.41) is 9.90. The molecule has 0 heterocycles. The molecular formula is C11H17IO. The Hall–Kier alpha value is 0.430. The van der Waals surface area contributed by atoms with E-state index < -0.39 is 0 Å². The number of aliphatic hydroxyl groups excluding tert-OH is 1. The molecule has 2 saturated carbocycles. The smallest absolute Gasteiger partial charge is 0.0608 e. The first-order chi connectivity index (χ1) is 6.33. The number of fused-ring (bicyclic) bond motifs is 1. The Morgan fingerprint density at radius 2 is 2.00 bits per heavy atom. The van der Waals surface area contributed by atoms with Crippen LogP contribution in [-0.2, 0) is 0 Å². The van der Waals surface area contributed by atoms with Crippen LogP contribution >= 0.6 is 22.6 Å². The van der Waals surface area contributed by atoms with Crippen molar-refractivity contribution in [2.24, 2.45) is 17.8 Å². The number of hydrogen-bond acceptors (Lipinski definition) is 1. The fraction of sp³-hybridized carbons (Fsp3) is 0.818. The van der Waals surface area contributed by atoms with E-state index in [0.29, 0.717) is 5.92 Å². The third kappa shape index (κ3) is 1.94. The molecule has 0 amide bonds. The van der Waals surface area contributed by atoms with E-state index in [2.05, 4.69) is 32.7 Å². The molecule has 0 bridgehead atoms. The van der Waals surface area contributed by atoms with Crippen molar-refractivity contribution >= 4 is 22.6 Å². The van der Waals surface area contributed by atoms with Gasteiger partial charge in [-0.3, -0.25) is 0 Å². The van der Waals surface area contributed by atoms with E-state index in [1.807, 2.05) is 0 Å². The van der Waals surface area contributed by atoms with Gasteiger partial charge < -0.3 is 5.11 Å². The standard InChI is InChI=1S/C11H17IO/c12-6-5-10-9-4-2-1-3-8(9)7-11(10)13/h5-6,8-11,13H,1-4,7H2/b6-5+/t8-,9+,10-,11+/m0/s1. The van der Waals surface area contributed by atoms with Crippen LogP contribution in [0.25, 0.3) is 0 Å². The minimum absolute atomic E-state index is 0.0564. The summed E-state index contributed by atoms with van der Waals surface area (Å²) < 4.78 is 2.07. The first kappa shape index (κ1) is 9.97. The lowest BCUT2D eigenvalue weighted by Gasteiger charge is -2.27. The van der Waals surface area contributed by atoms with Crippen molar-refractivity contribution < 1.29 is 5.11 Å². The van der Waals surface area contributed by atoms with Crippen LogP contribution in [0.1, 0.15) is 32.1 Å². The van der Waals surface area contributed by atoms with Crippen LogP contribution in [0.3, 0.4) is 0 Å². The molecule has 2 fully saturated rings. The maximum absolute atomic E-state index is 9.90. The summed E-state index contributed by atoms with van der Waals surface area (Å²) in [6, 6.07) is 0. The number of aliphatic hydroxyl groups is 1. The fourth-order valence-corrected chi connectivity index (χ4v) is 3.62. The average molecular weight is 292 g/mol. The van der Waals surface area contributed by atoms with E-state index in [4.69, 9.17) is 0 Å². The quantitative estimate of drug-likeness (QED) is 0.736. The summed E-state index contributed by atoms with van der Waals surface area (Å²) in [4.78, 5) is 0. The van der Waals surface area contributed by atoms with Crippen LogP contribution in [0.15, 0.2) is 10.2 Å². The lowest BCUT2D eigenvalue weighted by molar-refractivity contribution is 0.140. The zero-order valence-electron chi connectivity index (χ0n) is 7.82. The van der Waals surface area contributed by atoms with Crippen molar-refractivity contribution in [2.45, 2.75) is 38.2 Å². The summed E-state index contributed by atoms with van der Waals surface area (Å²) in [6.45, 7) is 0. The second-order valence-electron chi connectivity index (χ2n) is 4.41. The third-order valence-corrected chi connectivity index (χ3v) is 4.16. The minimum Gasteiger partial charge on any atom is -0.392 e. The van der Waals surface area contributed by atoms with Gasteiger partial charge in [0.15, 0.2) is 0 Å². The van der Waals surface area contributed by atoms with Gasteiger partial charge in [-0.25, -0.2) is 0 Å². The molecule has 0 radical (unpaired) electrons. The van der Waals surface area contributed by atoms with Gasteiger partial charge in [0.05, 0.1) is 6.10 Å². The van der Waals surface area contributed by atoms with Crippen LogP contribution < -0.4 is 0 Å². The second kappa shape index (κ2) is 4.30. The van der Waals surface area contributed by atoms with E-state index in [-0.39, 0.29) is 6.10 Å². The Balaban J connectivity index is 2.08. The van der Waals surface area contributed by atoms with E-state index in [1.54, 1.807) is 0 Å². The van der Waals surface area contributed by atoms with Gasteiger partial charge in [0.2, 0.25) is 0 Å². The number of halogens is 1. The molecule has 0 aromatic rings. The minimum atomic E-state index is -0.0564. The van der Waals surface area contributed by atoms with Crippen LogP contribution in [0.4, 0.5) is 0 Å². The molecule has 0 aromatic heterocycles. The molecule has 2 rings (SSSR count). The second-order valence-corrected chi connectivity index (χ2v) is 5.13. The van der Waals surface area contributed by atoms with Crippen LogP contribution in [-0.4, -0.2) is 11.2 Å².